The molecule has 0 unspecified atom stereocenters. The van der Waals surface area contributed by atoms with Crippen molar-refractivity contribution < 1.29 is 103 Å². The molecule has 50 heteroatoms. The minimum Gasteiger partial charge on any atom is -0.535 e. The molecule has 115 heavy (non-hydrogen) atoms. The van der Waals surface area contributed by atoms with Crippen LogP contribution < -0.4 is 45.3 Å². The first kappa shape index (κ1) is 86.3. The molecule has 0 bridgehead atoms. The number of carboxylic acids is 5. The highest BCUT2D eigenvalue weighted by molar-refractivity contribution is 8.03. The number of aromatic nitrogens is 13. The number of hydrogen-bond acceptors (Lipinski definition) is 37. The van der Waals surface area contributed by atoms with Gasteiger partial charge in [-0.05, 0) is 114 Å². The molecule has 0 saturated heterocycles. The minimum absolute atomic E-state index is 0.0901. The number of hydrogen-bond donors (Lipinski definition) is 13. The molecule has 0 fully saturated rings. The van der Waals surface area contributed by atoms with E-state index in [1.54, 1.807) is 52.3 Å². The molecule has 5 aliphatic rings. The molecule has 0 saturated carbocycles. The quantitative estimate of drug-likeness (QED) is 0.0260. The number of nitrogens with two attached hydrogens (primary N) is 3. The third kappa shape index (κ3) is 20.1. The highest BCUT2D eigenvalue weighted by Crippen LogP contribution is 2.45. The number of anilines is 2. The van der Waals surface area contributed by atoms with Crippen LogP contribution in [0.25, 0.3) is 0 Å². The van der Waals surface area contributed by atoms with E-state index in [-0.39, 0.29) is 88.1 Å². The van der Waals surface area contributed by atoms with E-state index in [0.717, 1.165) is 22.3 Å². The topological polar surface area (TPSA) is 565 Å². The van der Waals surface area contributed by atoms with Gasteiger partial charge in [0.05, 0.1) is 32.9 Å². The first-order valence-electron chi connectivity index (χ1n) is 34.6. The fourth-order valence-corrected chi connectivity index (χ4v) is 19.8. The molecule has 16 N–H and O–H groups in total. The number of methoxy groups -OCH3 is 1. The van der Waals surface area contributed by atoms with Gasteiger partial charge in [0, 0.05) is 19.0 Å². The summed E-state index contributed by atoms with van der Waals surface area (Å²) in [7, 11) is -0.648. The van der Waals surface area contributed by atoms with Crippen LogP contribution in [0.4, 0.5) is 10.3 Å². The van der Waals surface area contributed by atoms with E-state index in [4.69, 9.17) is 45.3 Å². The Morgan fingerprint density at radius 1 is 0.443 bits per heavy atom. The lowest BCUT2D eigenvalue weighted by Gasteiger charge is -2.28. The van der Waals surface area contributed by atoms with Crippen molar-refractivity contribution in [3.63, 3.8) is 0 Å². The van der Waals surface area contributed by atoms with E-state index in [1.165, 1.54) is 111 Å². The zero-order valence-corrected chi connectivity index (χ0v) is 68.2. The standard InChI is InChI=1S/2C14H16BN3O4S.C13H15BN4O4S.C12H12BN3O5S2.C12H12BN3O4S3/c2*1-3-8-4-5-9-6-10(23-14-17-16-7-18(14)2)15(21)22-12(9)11(8)13(19)20;1-2-7-3-4-8-5-9(23-13-17-16-6-18(13)15)14(21)22-11(8)10(7)12(19)20;1-20-6-3-2-5-4-7(22-12-16-15-11(14)23-12)13(19)21-9(5)8(6)10(17)18;1-21-6-3-2-5-4-7(22-12-16-15-11(14)23-12)13(19)20-9(5)8(6)10(17)18/h2*4-5,7,10,21H,3,6H2,1-2H3,(H,19,20);3-4,6,9,21H,2,5,15H2,1H3,(H,19,20);2*2-3,7,19H,4H2,1H3,(H2,14,15)(H,17,18)/t2*10-;9-;2*7-/m00000/s1. The minimum atomic E-state index is -1.18. The van der Waals surface area contributed by atoms with Crippen molar-refractivity contribution in [2.45, 2.75) is 127 Å². The fraction of sp³-hybridized carbons (Fsp3) is 0.308. The summed E-state index contributed by atoms with van der Waals surface area (Å²) in [5.74, 6) is 1.66. The first-order chi connectivity index (χ1) is 55.0. The van der Waals surface area contributed by atoms with Crippen molar-refractivity contribution in [3.05, 3.63) is 152 Å². The van der Waals surface area contributed by atoms with E-state index < -0.39 is 65.4 Å². The van der Waals surface area contributed by atoms with Gasteiger partial charge < -0.3 is 105 Å². The van der Waals surface area contributed by atoms with Gasteiger partial charge in [-0.3, -0.25) is 0 Å². The number of aromatic carboxylic acids is 5. The Kier molecular flexibility index (Phi) is 28.8. The summed E-state index contributed by atoms with van der Waals surface area (Å²) in [6.45, 7) is 5.65. The van der Waals surface area contributed by atoms with Gasteiger partial charge in [-0.1, -0.05) is 151 Å². The number of nitrogens with zero attached hydrogens (tertiary/aromatic N) is 13. The van der Waals surface area contributed by atoms with Gasteiger partial charge in [-0.25, -0.2) is 28.6 Å². The van der Waals surface area contributed by atoms with E-state index in [2.05, 4.69) is 51.0 Å². The van der Waals surface area contributed by atoms with E-state index in [0.29, 0.717) is 113 Å². The molecule has 5 aliphatic heterocycles. The van der Waals surface area contributed by atoms with E-state index in [1.807, 2.05) is 71.3 Å². The Hall–Kier alpha value is -9.59. The van der Waals surface area contributed by atoms with Crippen LogP contribution in [0.5, 0.6) is 34.5 Å². The molecular formula is C65H71B5N16O21S8. The van der Waals surface area contributed by atoms with Crippen molar-refractivity contribution >= 4 is 169 Å². The summed E-state index contributed by atoms with van der Waals surface area (Å²) < 4.78 is 38.7. The van der Waals surface area contributed by atoms with Gasteiger partial charge in [-0.2, -0.15) is 0 Å². The normalized spacial score (nSPS) is 16.8. The maximum atomic E-state index is 11.6. The number of carboxylic acid groups (broad SMARTS) is 5. The van der Waals surface area contributed by atoms with Gasteiger partial charge in [0.1, 0.15) is 81.3 Å². The summed E-state index contributed by atoms with van der Waals surface area (Å²) in [5.41, 5.74) is 17.3. The molecule has 37 nitrogen and oxygen atoms in total. The monoisotopic (exact) mass is 1720 g/mol. The van der Waals surface area contributed by atoms with Crippen LogP contribution in [0.1, 0.15) is 117 Å². The maximum Gasteiger partial charge on any atom is 0.537 e. The molecule has 5 aromatic heterocycles. The van der Waals surface area contributed by atoms with Crippen molar-refractivity contribution in [2.75, 3.05) is 30.7 Å². The maximum absolute atomic E-state index is 11.6. The molecule has 10 heterocycles. The number of fused-ring (bicyclic) bond motifs is 5. The predicted molar refractivity (Wildman–Crippen MR) is 434 cm³/mol. The Morgan fingerprint density at radius 2 is 0.748 bits per heavy atom. The molecule has 0 radical (unpaired) electrons. The summed E-state index contributed by atoms with van der Waals surface area (Å²) in [6.07, 6.45) is 10.4. The van der Waals surface area contributed by atoms with E-state index in [9.17, 15) is 74.6 Å². The molecule has 0 spiro atoms. The largest absolute Gasteiger partial charge is 0.537 e. The van der Waals surface area contributed by atoms with Gasteiger partial charge in [0.2, 0.25) is 15.4 Å². The average Bonchev–Trinajstić information content (AvgIpc) is 1.29. The zero-order chi connectivity index (χ0) is 82.8. The number of thioether (sulfide) groups is 6. The number of aryl methyl sites for hydroxylation is 5. The van der Waals surface area contributed by atoms with Crippen LogP contribution in [0.3, 0.4) is 0 Å². The van der Waals surface area contributed by atoms with Crippen molar-refractivity contribution in [1.82, 2.24) is 64.8 Å². The van der Waals surface area contributed by atoms with Crippen LogP contribution >= 0.6 is 93.2 Å². The van der Waals surface area contributed by atoms with E-state index >= 15 is 0 Å². The summed E-state index contributed by atoms with van der Waals surface area (Å²) in [4.78, 5) is 58.2. The number of carbonyl (C=O) groups is 5. The second kappa shape index (κ2) is 38.5. The first-order valence-corrected chi connectivity index (χ1v) is 41.9. The molecule has 5 aromatic carbocycles. The highest BCUT2D eigenvalue weighted by atomic mass is 32.2. The van der Waals surface area contributed by atoms with Gasteiger partial charge in [0.15, 0.2) is 19.0 Å². The van der Waals surface area contributed by atoms with Crippen LogP contribution in [0, 0.1) is 0 Å². The van der Waals surface area contributed by atoms with Gasteiger partial charge in [0.25, 0.3) is 0 Å². The Bertz CT molecular complexity index is 4810. The molecule has 5 atom stereocenters. The third-order valence-electron chi connectivity index (χ3n) is 17.9. The number of nitrogen functional groups attached to an aromatic ring is 3. The Morgan fingerprint density at radius 3 is 1.03 bits per heavy atom. The van der Waals surface area contributed by atoms with Crippen molar-refractivity contribution in [3.8, 4) is 34.5 Å². The third-order valence-corrected chi connectivity index (χ3v) is 26.6. The van der Waals surface area contributed by atoms with Crippen LogP contribution in [-0.2, 0) is 65.5 Å². The summed E-state index contributed by atoms with van der Waals surface area (Å²) >= 11 is 10.3. The average molecular weight is 1720 g/mol. The Balaban J connectivity index is 0.000000142. The van der Waals surface area contributed by atoms with Crippen molar-refractivity contribution in [2.24, 2.45) is 14.1 Å². The molecular weight excluding hydrogens is 1650 g/mol. The lowest BCUT2D eigenvalue weighted by molar-refractivity contribution is 0.0679. The summed E-state index contributed by atoms with van der Waals surface area (Å²) in [5, 5.41) is 138. The Labute approximate surface area is 689 Å². The smallest absolute Gasteiger partial charge is 0.535 e. The highest BCUT2D eigenvalue weighted by Gasteiger charge is 2.45. The number of ether oxygens (including phenoxy) is 1. The number of benzene rings is 5. The van der Waals surface area contributed by atoms with Crippen LogP contribution in [0.15, 0.2) is 109 Å². The molecule has 15 rings (SSSR count). The second-order valence-electron chi connectivity index (χ2n) is 25.2. The second-order valence-corrected chi connectivity index (χ2v) is 34.7. The zero-order valence-electron chi connectivity index (χ0n) is 61.7. The number of rotatable bonds is 20. The van der Waals surface area contributed by atoms with Crippen LogP contribution in [0.2, 0.25) is 0 Å². The van der Waals surface area contributed by atoms with Gasteiger partial charge in [-0.15, -0.1) is 62.7 Å². The SMILES string of the molecule is CCc1ccc2c(c1C(=O)O)OB(O)[C@@H](Sc1nncn1C)C2.CCc1ccc2c(c1C(=O)O)OB(O)[C@@H](Sc1nncn1C)C2.CCc1ccc2c(c1C(=O)O)OB(O)[C@@H](Sc1nncn1N)C2.COc1ccc2c(c1C(=O)O)OB(O)[C@@H](Sc1nnc(N)s1)C2.CSc1ccc2c(c1C(=O)O)OB(O)[C@@H](Sc1nnc(N)s1)C2. The van der Waals surface area contributed by atoms with Crippen LogP contribution in [-0.4, -0.2) is 220 Å². The molecule has 600 valence electrons. The lowest BCUT2D eigenvalue weighted by atomic mass is 9.77. The lowest BCUT2D eigenvalue weighted by Crippen LogP contribution is -2.41. The molecule has 0 amide bonds. The van der Waals surface area contributed by atoms with Crippen molar-refractivity contribution in [1.29, 1.82) is 0 Å². The molecule has 10 aromatic rings. The summed E-state index contributed by atoms with van der Waals surface area (Å²) in [6, 6.07) is 17.9. The van der Waals surface area contributed by atoms with Gasteiger partial charge >= 0.3 is 65.4 Å². The predicted octanol–water partition coefficient (Wildman–Crippen LogP) is 5.35. The molecule has 0 aliphatic carbocycles. The fourth-order valence-electron chi connectivity index (χ4n) is 12.4.